The molecule has 2 amide bonds. The fourth-order valence-electron chi connectivity index (χ4n) is 4.18. The number of fused-ring (bicyclic) bond motifs is 1. The molecule has 2 saturated heterocycles. The van der Waals surface area contributed by atoms with Crippen LogP contribution in [0.15, 0.2) is 42.5 Å². The quantitative estimate of drug-likeness (QED) is 0.846. The first kappa shape index (κ1) is 18.4. The molecule has 2 aromatic rings. The van der Waals surface area contributed by atoms with Crippen molar-refractivity contribution in [3.63, 3.8) is 0 Å². The molecule has 8 nitrogen and oxygen atoms in total. The van der Waals surface area contributed by atoms with Crippen LogP contribution in [0.4, 0.5) is 5.82 Å². The fraction of sp³-hybridized carbons (Fsp3) is 0.400. The molecule has 2 aliphatic heterocycles. The van der Waals surface area contributed by atoms with Crippen LogP contribution in [0.3, 0.4) is 0 Å². The molecule has 1 aromatic heterocycles. The smallest absolute Gasteiger partial charge is 0.271 e. The number of hydrogen-bond acceptors (Lipinski definition) is 6. The number of nitrogens with zero attached hydrogens (tertiary/aromatic N) is 4. The lowest BCUT2D eigenvalue weighted by Gasteiger charge is -2.55. The predicted molar refractivity (Wildman–Crippen MR) is 103 cm³/mol. The van der Waals surface area contributed by atoms with Crippen molar-refractivity contribution in [2.24, 2.45) is 0 Å². The van der Waals surface area contributed by atoms with Crippen molar-refractivity contribution in [2.75, 3.05) is 38.7 Å². The Bertz CT molecular complexity index is 873. The Morgan fingerprint density at radius 2 is 2.00 bits per heavy atom. The normalized spacial score (nSPS) is 24.6. The van der Waals surface area contributed by atoms with E-state index in [9.17, 15) is 9.59 Å². The van der Waals surface area contributed by atoms with Gasteiger partial charge in [-0.05, 0) is 24.1 Å². The number of anilines is 1. The molecule has 0 unspecified atom stereocenters. The lowest BCUT2D eigenvalue weighted by Crippen LogP contribution is -2.67. The van der Waals surface area contributed by atoms with E-state index in [1.807, 2.05) is 30.1 Å². The first-order valence-corrected chi connectivity index (χ1v) is 9.31. The second kappa shape index (κ2) is 7.20. The number of nitrogens with one attached hydrogen (secondary N) is 1. The Kier molecular flexibility index (Phi) is 4.72. The number of morpholine rings is 1. The number of carbonyl (C=O) groups excluding carboxylic acids is 2. The molecule has 28 heavy (non-hydrogen) atoms. The number of amides is 2. The van der Waals surface area contributed by atoms with E-state index in [2.05, 4.69) is 32.5 Å². The summed E-state index contributed by atoms with van der Waals surface area (Å²) in [7, 11) is 3.42. The maximum absolute atomic E-state index is 12.4. The zero-order valence-corrected chi connectivity index (χ0v) is 16.0. The number of rotatable bonds is 3. The number of likely N-dealkylation sites (N-methyl/N-ethyl adjacent to an activating group) is 1. The average Bonchev–Trinajstić information content (AvgIpc) is 2.76. The zero-order valence-electron chi connectivity index (χ0n) is 16.0. The first-order chi connectivity index (χ1) is 13.6. The monoisotopic (exact) mass is 381 g/mol. The SMILES string of the molecule is CNC(=O)c1ccc(N2CC[C@]3(c4ccccc4)[C@@H](C2)OCC(=O)N3C)nn1. The highest BCUT2D eigenvalue weighted by Gasteiger charge is 2.52. The minimum absolute atomic E-state index is 0.0109. The molecular formula is C20H23N5O3. The summed E-state index contributed by atoms with van der Waals surface area (Å²) in [4.78, 5) is 28.0. The third kappa shape index (κ3) is 2.90. The van der Waals surface area contributed by atoms with Crippen LogP contribution >= 0.6 is 0 Å². The summed E-state index contributed by atoms with van der Waals surface area (Å²) in [5, 5.41) is 10.8. The summed E-state index contributed by atoms with van der Waals surface area (Å²) in [6.07, 6.45) is 0.523. The lowest BCUT2D eigenvalue weighted by atomic mass is 9.76. The van der Waals surface area contributed by atoms with Crippen molar-refractivity contribution < 1.29 is 14.3 Å². The summed E-state index contributed by atoms with van der Waals surface area (Å²) < 4.78 is 6.01. The van der Waals surface area contributed by atoms with Crippen LogP contribution < -0.4 is 10.2 Å². The van der Waals surface area contributed by atoms with Crippen molar-refractivity contribution >= 4 is 17.6 Å². The van der Waals surface area contributed by atoms with Crippen LogP contribution in [0.5, 0.6) is 0 Å². The van der Waals surface area contributed by atoms with Gasteiger partial charge in [0.25, 0.3) is 5.91 Å². The minimum atomic E-state index is -0.497. The Morgan fingerprint density at radius 3 is 2.68 bits per heavy atom. The number of hydrogen-bond donors (Lipinski definition) is 1. The Balaban J connectivity index is 1.62. The first-order valence-electron chi connectivity index (χ1n) is 9.31. The average molecular weight is 381 g/mol. The maximum atomic E-state index is 12.4. The molecule has 3 heterocycles. The molecule has 0 radical (unpaired) electrons. The van der Waals surface area contributed by atoms with Crippen molar-refractivity contribution in [3.8, 4) is 0 Å². The summed E-state index contributed by atoms with van der Waals surface area (Å²) in [5.74, 6) is 0.414. The van der Waals surface area contributed by atoms with E-state index in [4.69, 9.17) is 4.74 Å². The predicted octanol–water partition coefficient (Wildman–Crippen LogP) is 0.799. The van der Waals surface area contributed by atoms with E-state index in [0.717, 1.165) is 5.56 Å². The molecule has 0 aliphatic carbocycles. The summed E-state index contributed by atoms with van der Waals surface area (Å²) >= 11 is 0. The molecule has 8 heteroatoms. The minimum Gasteiger partial charge on any atom is -0.364 e. The molecule has 2 atom stereocenters. The topological polar surface area (TPSA) is 87.7 Å². The number of benzene rings is 1. The molecular weight excluding hydrogens is 358 g/mol. The highest BCUT2D eigenvalue weighted by Crippen LogP contribution is 2.42. The van der Waals surface area contributed by atoms with Crippen LogP contribution in [0.25, 0.3) is 0 Å². The van der Waals surface area contributed by atoms with Crippen molar-refractivity contribution in [3.05, 3.63) is 53.7 Å². The van der Waals surface area contributed by atoms with Gasteiger partial charge in [-0.15, -0.1) is 10.2 Å². The Hall–Kier alpha value is -3.00. The standard InChI is InChI=1S/C20H23N5O3/c1-21-19(27)15-8-9-17(23-22-15)25-11-10-20(14-6-4-3-5-7-14)16(12-25)28-13-18(26)24(20)2/h3-9,16H,10-13H2,1-2H3,(H,21,27)/t16-,20+/m1/s1. The van der Waals surface area contributed by atoms with Crippen molar-refractivity contribution in [1.82, 2.24) is 20.4 Å². The van der Waals surface area contributed by atoms with Gasteiger partial charge in [-0.25, -0.2) is 0 Å². The number of carbonyl (C=O) groups is 2. The highest BCUT2D eigenvalue weighted by atomic mass is 16.5. The van der Waals surface area contributed by atoms with Gasteiger partial charge in [0, 0.05) is 27.2 Å². The largest absolute Gasteiger partial charge is 0.364 e. The maximum Gasteiger partial charge on any atom is 0.271 e. The van der Waals surface area contributed by atoms with Gasteiger partial charge in [0.1, 0.15) is 12.7 Å². The van der Waals surface area contributed by atoms with Crippen LogP contribution in [-0.2, 0) is 15.1 Å². The van der Waals surface area contributed by atoms with Gasteiger partial charge in [0.05, 0.1) is 5.54 Å². The Labute approximate surface area is 163 Å². The van der Waals surface area contributed by atoms with Gasteiger partial charge in [-0.1, -0.05) is 30.3 Å². The molecule has 2 fully saturated rings. The van der Waals surface area contributed by atoms with Gasteiger partial charge in [-0.3, -0.25) is 9.59 Å². The third-order valence-electron chi connectivity index (χ3n) is 5.77. The van der Waals surface area contributed by atoms with Crippen molar-refractivity contribution in [2.45, 2.75) is 18.1 Å². The zero-order chi connectivity index (χ0) is 19.7. The van der Waals surface area contributed by atoms with Crippen LogP contribution in [0, 0.1) is 0 Å². The van der Waals surface area contributed by atoms with E-state index in [1.165, 1.54) is 0 Å². The van der Waals surface area contributed by atoms with E-state index in [1.54, 1.807) is 19.2 Å². The lowest BCUT2D eigenvalue weighted by molar-refractivity contribution is -0.173. The fourth-order valence-corrected chi connectivity index (χ4v) is 4.18. The molecule has 2 aliphatic rings. The van der Waals surface area contributed by atoms with Crippen molar-refractivity contribution in [1.29, 1.82) is 0 Å². The number of piperidine rings is 1. The molecule has 1 N–H and O–H groups in total. The summed E-state index contributed by atoms with van der Waals surface area (Å²) in [6, 6.07) is 13.5. The number of ether oxygens (including phenoxy) is 1. The van der Waals surface area contributed by atoms with Crippen LogP contribution in [0.1, 0.15) is 22.5 Å². The molecule has 146 valence electrons. The van der Waals surface area contributed by atoms with Gasteiger partial charge in [0.2, 0.25) is 5.91 Å². The second-order valence-corrected chi connectivity index (χ2v) is 7.09. The van der Waals surface area contributed by atoms with Crippen LogP contribution in [-0.4, -0.2) is 66.8 Å². The molecule has 4 rings (SSSR count). The molecule has 0 spiro atoms. The third-order valence-corrected chi connectivity index (χ3v) is 5.77. The Morgan fingerprint density at radius 1 is 1.21 bits per heavy atom. The van der Waals surface area contributed by atoms with Gasteiger partial charge in [0.15, 0.2) is 11.5 Å². The van der Waals surface area contributed by atoms with E-state index in [0.29, 0.717) is 25.3 Å². The van der Waals surface area contributed by atoms with Gasteiger partial charge < -0.3 is 19.9 Å². The van der Waals surface area contributed by atoms with E-state index in [-0.39, 0.29) is 30.2 Å². The van der Waals surface area contributed by atoms with E-state index >= 15 is 0 Å². The summed E-state index contributed by atoms with van der Waals surface area (Å²) in [6.45, 7) is 1.35. The molecule has 1 aromatic carbocycles. The van der Waals surface area contributed by atoms with Gasteiger partial charge >= 0.3 is 0 Å². The van der Waals surface area contributed by atoms with Gasteiger partial charge in [-0.2, -0.15) is 0 Å². The molecule has 0 saturated carbocycles. The summed E-state index contributed by atoms with van der Waals surface area (Å²) in [5.41, 5.74) is 0.861. The second-order valence-electron chi connectivity index (χ2n) is 7.09. The van der Waals surface area contributed by atoms with Crippen LogP contribution in [0.2, 0.25) is 0 Å². The molecule has 0 bridgehead atoms. The highest BCUT2D eigenvalue weighted by molar-refractivity contribution is 5.91. The number of aromatic nitrogens is 2. The van der Waals surface area contributed by atoms with E-state index < -0.39 is 5.54 Å².